The summed E-state index contributed by atoms with van der Waals surface area (Å²) in [6, 6.07) is 4.67. The molecule has 1 aromatic rings. The van der Waals surface area contributed by atoms with Crippen LogP contribution in [0, 0.1) is 0 Å². The molecule has 3 rings (SSSR count). The van der Waals surface area contributed by atoms with Gasteiger partial charge in [0.15, 0.2) is 0 Å². The van der Waals surface area contributed by atoms with E-state index >= 15 is 0 Å². The summed E-state index contributed by atoms with van der Waals surface area (Å²) in [7, 11) is 0. The van der Waals surface area contributed by atoms with Gasteiger partial charge >= 0.3 is 0 Å². The number of hydrogen-bond donors (Lipinski definition) is 0. The summed E-state index contributed by atoms with van der Waals surface area (Å²) < 4.78 is 0. The summed E-state index contributed by atoms with van der Waals surface area (Å²) in [4.78, 5) is 39.9. The van der Waals surface area contributed by atoms with Crippen LogP contribution in [0.25, 0.3) is 0 Å². The molecule has 0 aliphatic carbocycles. The fraction of sp³-hybridized carbons (Fsp3) is 0.471. The lowest BCUT2D eigenvalue weighted by Gasteiger charge is -2.21. The molecule has 0 unspecified atom stereocenters. The van der Waals surface area contributed by atoms with Crippen LogP contribution in [0.3, 0.4) is 0 Å². The van der Waals surface area contributed by atoms with E-state index in [2.05, 4.69) is 0 Å². The van der Waals surface area contributed by atoms with Crippen LogP contribution in [0.15, 0.2) is 18.2 Å². The molecule has 1 fully saturated rings. The maximum atomic E-state index is 12.3. The topological polar surface area (TPSA) is 57.7 Å². The van der Waals surface area contributed by atoms with E-state index in [0.717, 1.165) is 43.7 Å². The van der Waals surface area contributed by atoms with Crippen molar-refractivity contribution in [3.8, 4) is 0 Å². The van der Waals surface area contributed by atoms with E-state index in [1.807, 2.05) is 4.90 Å². The zero-order chi connectivity index (χ0) is 16.4. The number of likely N-dealkylation sites (tertiary alicyclic amines) is 1. The largest absolute Gasteiger partial charge is 0.343 e. The summed E-state index contributed by atoms with van der Waals surface area (Å²) in [6.07, 6.45) is 4.54. The van der Waals surface area contributed by atoms with E-state index in [1.54, 1.807) is 12.1 Å². The van der Waals surface area contributed by atoms with Gasteiger partial charge in [-0.2, -0.15) is 0 Å². The molecule has 2 heterocycles. The van der Waals surface area contributed by atoms with Crippen molar-refractivity contribution in [1.82, 2.24) is 9.80 Å². The second kappa shape index (κ2) is 6.71. The number of amides is 3. The van der Waals surface area contributed by atoms with Crippen molar-refractivity contribution >= 4 is 29.3 Å². The molecule has 2 aliphatic heterocycles. The Morgan fingerprint density at radius 3 is 2.35 bits per heavy atom. The Hall–Kier alpha value is -1.88. The standard InChI is InChI=1S/C17H19ClN2O3/c18-12-5-6-13-14(11-12)17(23)20(16(13)22)10-7-15(21)19-8-3-1-2-4-9-19/h5-6,11H,1-4,7-10H2. The SMILES string of the molecule is O=C(CCN1C(=O)c2ccc(Cl)cc2C1=O)N1CCCCCC1. The number of rotatable bonds is 3. The Morgan fingerprint density at radius 2 is 1.65 bits per heavy atom. The van der Waals surface area contributed by atoms with Gasteiger partial charge in [0.2, 0.25) is 5.91 Å². The highest BCUT2D eigenvalue weighted by atomic mass is 35.5. The molecular weight excluding hydrogens is 316 g/mol. The van der Waals surface area contributed by atoms with Gasteiger partial charge in [-0.3, -0.25) is 19.3 Å². The Balaban J connectivity index is 1.64. The fourth-order valence-corrected chi connectivity index (χ4v) is 3.32. The molecule has 3 amide bonds. The summed E-state index contributed by atoms with van der Waals surface area (Å²) in [5, 5.41) is 0.424. The molecule has 1 aromatic carbocycles. The zero-order valence-corrected chi connectivity index (χ0v) is 13.6. The van der Waals surface area contributed by atoms with Crippen molar-refractivity contribution < 1.29 is 14.4 Å². The van der Waals surface area contributed by atoms with Crippen LogP contribution < -0.4 is 0 Å². The van der Waals surface area contributed by atoms with E-state index in [-0.39, 0.29) is 30.7 Å². The molecule has 0 atom stereocenters. The monoisotopic (exact) mass is 334 g/mol. The molecule has 0 radical (unpaired) electrons. The maximum absolute atomic E-state index is 12.3. The number of halogens is 1. The molecule has 0 saturated carbocycles. The van der Waals surface area contributed by atoms with Gasteiger partial charge in [-0.15, -0.1) is 0 Å². The predicted octanol–water partition coefficient (Wildman–Crippen LogP) is 2.73. The minimum absolute atomic E-state index is 0.0153. The van der Waals surface area contributed by atoms with E-state index in [9.17, 15) is 14.4 Å². The van der Waals surface area contributed by atoms with E-state index < -0.39 is 0 Å². The van der Waals surface area contributed by atoms with E-state index in [4.69, 9.17) is 11.6 Å². The third-order valence-corrected chi connectivity index (χ3v) is 4.68. The third-order valence-electron chi connectivity index (χ3n) is 4.44. The van der Waals surface area contributed by atoms with Gasteiger partial charge in [-0.25, -0.2) is 0 Å². The van der Waals surface area contributed by atoms with Gasteiger partial charge in [0.25, 0.3) is 11.8 Å². The normalized spacial score (nSPS) is 18.1. The van der Waals surface area contributed by atoms with Crippen molar-refractivity contribution in [2.45, 2.75) is 32.1 Å². The van der Waals surface area contributed by atoms with Crippen LogP contribution in [0.5, 0.6) is 0 Å². The van der Waals surface area contributed by atoms with Crippen molar-refractivity contribution in [3.63, 3.8) is 0 Å². The minimum Gasteiger partial charge on any atom is -0.343 e. The van der Waals surface area contributed by atoms with Crippen LogP contribution in [0.4, 0.5) is 0 Å². The van der Waals surface area contributed by atoms with Crippen LogP contribution in [-0.4, -0.2) is 47.2 Å². The summed E-state index contributed by atoms with van der Waals surface area (Å²) in [5.74, 6) is -0.692. The zero-order valence-electron chi connectivity index (χ0n) is 12.9. The first-order valence-corrected chi connectivity index (χ1v) is 8.39. The summed E-state index contributed by atoms with van der Waals surface area (Å²) in [5.41, 5.74) is 0.686. The Morgan fingerprint density at radius 1 is 1.00 bits per heavy atom. The van der Waals surface area contributed by atoms with Gasteiger partial charge in [0.05, 0.1) is 11.1 Å². The van der Waals surface area contributed by atoms with Crippen LogP contribution in [-0.2, 0) is 4.79 Å². The Labute approximate surface area is 140 Å². The van der Waals surface area contributed by atoms with Crippen LogP contribution in [0.1, 0.15) is 52.8 Å². The van der Waals surface area contributed by atoms with Gasteiger partial charge in [-0.05, 0) is 31.0 Å². The van der Waals surface area contributed by atoms with Crippen molar-refractivity contribution in [1.29, 1.82) is 0 Å². The third kappa shape index (κ3) is 3.24. The van der Waals surface area contributed by atoms with Crippen molar-refractivity contribution in [3.05, 3.63) is 34.3 Å². The first-order chi connectivity index (χ1) is 11.1. The molecule has 0 aromatic heterocycles. The van der Waals surface area contributed by atoms with Gasteiger partial charge in [0, 0.05) is 31.1 Å². The molecule has 0 spiro atoms. The fourth-order valence-electron chi connectivity index (χ4n) is 3.15. The summed E-state index contributed by atoms with van der Waals surface area (Å²) >= 11 is 5.89. The maximum Gasteiger partial charge on any atom is 0.261 e. The van der Waals surface area contributed by atoms with E-state index in [0.29, 0.717) is 16.1 Å². The lowest BCUT2D eigenvalue weighted by Crippen LogP contribution is -2.37. The van der Waals surface area contributed by atoms with Crippen molar-refractivity contribution in [2.75, 3.05) is 19.6 Å². The number of carbonyl (C=O) groups excluding carboxylic acids is 3. The quantitative estimate of drug-likeness (QED) is 0.799. The smallest absolute Gasteiger partial charge is 0.261 e. The molecular formula is C17H19ClN2O3. The lowest BCUT2D eigenvalue weighted by molar-refractivity contribution is -0.131. The molecule has 6 heteroatoms. The van der Waals surface area contributed by atoms with Gasteiger partial charge < -0.3 is 4.90 Å². The van der Waals surface area contributed by atoms with Gasteiger partial charge in [-0.1, -0.05) is 24.4 Å². The second-order valence-corrected chi connectivity index (χ2v) is 6.43. The second-order valence-electron chi connectivity index (χ2n) is 6.00. The number of hydrogen-bond acceptors (Lipinski definition) is 3. The van der Waals surface area contributed by atoms with E-state index in [1.165, 1.54) is 6.07 Å². The molecule has 0 bridgehead atoms. The van der Waals surface area contributed by atoms with Crippen LogP contribution in [0.2, 0.25) is 5.02 Å². The Kier molecular flexibility index (Phi) is 4.66. The molecule has 23 heavy (non-hydrogen) atoms. The number of carbonyl (C=O) groups is 3. The molecule has 0 N–H and O–H groups in total. The minimum atomic E-state index is -0.365. The number of imide groups is 1. The van der Waals surface area contributed by atoms with Crippen LogP contribution >= 0.6 is 11.6 Å². The molecule has 2 aliphatic rings. The predicted molar refractivity (Wildman–Crippen MR) is 86.5 cm³/mol. The highest BCUT2D eigenvalue weighted by Crippen LogP contribution is 2.26. The Bertz CT molecular complexity index is 651. The van der Waals surface area contributed by atoms with Crippen molar-refractivity contribution in [2.24, 2.45) is 0 Å². The average molecular weight is 335 g/mol. The number of fused-ring (bicyclic) bond motifs is 1. The molecule has 1 saturated heterocycles. The highest BCUT2D eigenvalue weighted by molar-refractivity contribution is 6.32. The first-order valence-electron chi connectivity index (χ1n) is 8.01. The molecule has 122 valence electrons. The highest BCUT2D eigenvalue weighted by Gasteiger charge is 2.35. The molecule has 5 nitrogen and oxygen atoms in total. The lowest BCUT2D eigenvalue weighted by atomic mass is 10.1. The number of benzene rings is 1. The number of nitrogens with zero attached hydrogens (tertiary/aromatic N) is 2. The average Bonchev–Trinajstić information content (AvgIpc) is 2.75. The van der Waals surface area contributed by atoms with Gasteiger partial charge in [0.1, 0.15) is 0 Å². The summed E-state index contributed by atoms with van der Waals surface area (Å²) in [6.45, 7) is 1.67. The first kappa shape index (κ1) is 16.0.